The molecule has 0 fully saturated rings. The maximum Gasteiger partial charge on any atom is 0.123 e. The van der Waals surface area contributed by atoms with Gasteiger partial charge in [0.1, 0.15) is 12.4 Å². The number of hydrogen-bond acceptors (Lipinski definition) is 3. The number of halogens is 1. The number of aliphatic hydroxyl groups excluding tert-OH is 1. The SMILES string of the molecule is CC(C)N(CC[C@H](c1ccccc1)c1cc(C=CCCCCO)ccc1OCc1ccccc1)C(C)C.Cl. The molecular weight excluding hydrogens is 490 g/mol. The molecule has 0 aliphatic rings. The summed E-state index contributed by atoms with van der Waals surface area (Å²) in [5.74, 6) is 1.19. The van der Waals surface area contributed by atoms with E-state index >= 15 is 0 Å². The van der Waals surface area contributed by atoms with Gasteiger partial charge in [0.2, 0.25) is 0 Å². The van der Waals surface area contributed by atoms with Gasteiger partial charge in [-0.05, 0) is 88.7 Å². The van der Waals surface area contributed by atoms with Gasteiger partial charge in [0.15, 0.2) is 0 Å². The molecule has 1 N–H and O–H groups in total. The molecule has 0 bridgehead atoms. The van der Waals surface area contributed by atoms with Crippen molar-refractivity contribution in [3.05, 3.63) is 107 Å². The molecule has 0 saturated heterocycles. The minimum atomic E-state index is 0. The molecule has 0 aliphatic heterocycles. The van der Waals surface area contributed by atoms with Gasteiger partial charge in [-0.15, -0.1) is 12.4 Å². The van der Waals surface area contributed by atoms with Crippen LogP contribution < -0.4 is 4.74 Å². The van der Waals surface area contributed by atoms with E-state index < -0.39 is 0 Å². The van der Waals surface area contributed by atoms with E-state index in [0.717, 1.165) is 38.0 Å². The van der Waals surface area contributed by atoms with E-state index in [4.69, 9.17) is 9.84 Å². The number of benzene rings is 3. The molecular formula is C34H46ClNO2. The fourth-order valence-electron chi connectivity index (χ4n) is 4.98. The van der Waals surface area contributed by atoms with Gasteiger partial charge in [-0.2, -0.15) is 0 Å². The molecule has 0 amide bonds. The van der Waals surface area contributed by atoms with Crippen LogP contribution in [0.25, 0.3) is 6.08 Å². The summed E-state index contributed by atoms with van der Waals surface area (Å²) in [5.41, 5.74) is 4.93. The second-order valence-electron chi connectivity index (χ2n) is 10.4. The third-order valence-corrected chi connectivity index (χ3v) is 6.94. The smallest absolute Gasteiger partial charge is 0.123 e. The van der Waals surface area contributed by atoms with Gasteiger partial charge in [-0.25, -0.2) is 0 Å². The zero-order valence-electron chi connectivity index (χ0n) is 23.6. The van der Waals surface area contributed by atoms with Crippen LogP contribution in [0.1, 0.15) is 81.5 Å². The van der Waals surface area contributed by atoms with Crippen LogP contribution >= 0.6 is 12.4 Å². The van der Waals surface area contributed by atoms with Crippen molar-refractivity contribution in [2.45, 2.75) is 78.0 Å². The molecule has 3 rings (SSSR count). The first-order valence-corrected chi connectivity index (χ1v) is 13.9. The maximum absolute atomic E-state index is 9.07. The van der Waals surface area contributed by atoms with Crippen LogP contribution in [-0.4, -0.2) is 35.2 Å². The highest BCUT2D eigenvalue weighted by atomic mass is 35.5. The Labute approximate surface area is 237 Å². The van der Waals surface area contributed by atoms with Crippen LogP contribution in [0.5, 0.6) is 5.75 Å². The Morgan fingerprint density at radius 2 is 1.50 bits per heavy atom. The Hall–Kier alpha value is -2.59. The first-order chi connectivity index (χ1) is 18.0. The Kier molecular flexibility index (Phi) is 14.2. The number of unbranched alkanes of at least 4 members (excludes halogenated alkanes) is 2. The molecule has 0 aromatic heterocycles. The van der Waals surface area contributed by atoms with Crippen molar-refractivity contribution >= 4 is 18.5 Å². The summed E-state index contributed by atoms with van der Waals surface area (Å²) in [5, 5.41) is 9.07. The standard InChI is InChI=1S/C34H45NO2.ClH/c1-27(2)35(28(3)4)23-22-32(31-18-12-8-13-19-31)33-25-29(15-9-5-6-14-24-36)20-21-34(33)37-26-30-16-10-7-11-17-30;/h7-13,15-21,25,27-28,32,36H,5-6,14,22-24,26H2,1-4H3;1H/t32-;/m1./s1. The topological polar surface area (TPSA) is 32.7 Å². The van der Waals surface area contributed by atoms with Gasteiger partial charge in [-0.3, -0.25) is 4.90 Å². The van der Waals surface area contributed by atoms with Gasteiger partial charge >= 0.3 is 0 Å². The van der Waals surface area contributed by atoms with E-state index in [1.165, 1.54) is 22.3 Å². The third kappa shape index (κ3) is 9.94. The van der Waals surface area contributed by atoms with Crippen LogP contribution in [0, 0.1) is 0 Å². The highest BCUT2D eigenvalue weighted by molar-refractivity contribution is 5.85. The average molecular weight is 536 g/mol. The van der Waals surface area contributed by atoms with Crippen LogP contribution in [0.4, 0.5) is 0 Å². The van der Waals surface area contributed by atoms with Crippen molar-refractivity contribution < 1.29 is 9.84 Å². The molecule has 0 radical (unpaired) electrons. The largest absolute Gasteiger partial charge is 0.489 e. The lowest BCUT2D eigenvalue weighted by Gasteiger charge is -2.32. The molecule has 3 aromatic carbocycles. The van der Waals surface area contributed by atoms with Crippen molar-refractivity contribution in [2.75, 3.05) is 13.2 Å². The molecule has 0 saturated carbocycles. The van der Waals surface area contributed by atoms with Crippen molar-refractivity contribution in [1.82, 2.24) is 4.90 Å². The predicted molar refractivity (Wildman–Crippen MR) is 164 cm³/mol. The molecule has 0 spiro atoms. The zero-order valence-corrected chi connectivity index (χ0v) is 24.4. The summed E-state index contributed by atoms with van der Waals surface area (Å²) in [7, 11) is 0. The van der Waals surface area contributed by atoms with Gasteiger partial charge in [0, 0.05) is 30.2 Å². The zero-order chi connectivity index (χ0) is 26.5. The first-order valence-electron chi connectivity index (χ1n) is 13.9. The van der Waals surface area contributed by atoms with Crippen LogP contribution in [0.3, 0.4) is 0 Å². The number of nitrogens with zero attached hydrogens (tertiary/aromatic N) is 1. The molecule has 0 heterocycles. The van der Waals surface area contributed by atoms with E-state index in [9.17, 15) is 0 Å². The molecule has 206 valence electrons. The normalized spacial score (nSPS) is 12.3. The van der Waals surface area contributed by atoms with E-state index in [-0.39, 0.29) is 24.9 Å². The number of allylic oxidation sites excluding steroid dienone is 1. The van der Waals surface area contributed by atoms with Crippen LogP contribution in [0.15, 0.2) is 84.9 Å². The molecule has 3 aromatic rings. The lowest BCUT2D eigenvalue weighted by molar-refractivity contribution is 0.170. The lowest BCUT2D eigenvalue weighted by Crippen LogP contribution is -2.38. The van der Waals surface area contributed by atoms with Gasteiger partial charge in [0.05, 0.1) is 0 Å². The van der Waals surface area contributed by atoms with Crippen LogP contribution in [-0.2, 0) is 6.61 Å². The number of aliphatic hydroxyl groups is 1. The summed E-state index contributed by atoms with van der Waals surface area (Å²) < 4.78 is 6.47. The number of ether oxygens (including phenoxy) is 1. The van der Waals surface area contributed by atoms with Crippen LogP contribution in [0.2, 0.25) is 0 Å². The highest BCUT2D eigenvalue weighted by Crippen LogP contribution is 2.36. The quantitative estimate of drug-likeness (QED) is 0.198. The molecule has 4 heteroatoms. The fourth-order valence-corrected chi connectivity index (χ4v) is 4.98. The van der Waals surface area contributed by atoms with E-state index in [0.29, 0.717) is 18.7 Å². The highest BCUT2D eigenvalue weighted by Gasteiger charge is 2.22. The monoisotopic (exact) mass is 535 g/mol. The summed E-state index contributed by atoms with van der Waals surface area (Å²) in [6.07, 6.45) is 8.27. The second-order valence-corrected chi connectivity index (χ2v) is 10.4. The molecule has 3 nitrogen and oxygen atoms in total. The minimum Gasteiger partial charge on any atom is -0.489 e. The second kappa shape index (κ2) is 17.1. The Morgan fingerprint density at radius 3 is 2.13 bits per heavy atom. The summed E-state index contributed by atoms with van der Waals surface area (Å²) >= 11 is 0. The summed E-state index contributed by atoms with van der Waals surface area (Å²) in [6.45, 7) is 11.0. The van der Waals surface area contributed by atoms with Crippen molar-refractivity contribution in [3.63, 3.8) is 0 Å². The number of rotatable bonds is 15. The van der Waals surface area contributed by atoms with Gasteiger partial charge in [-0.1, -0.05) is 78.9 Å². The molecule has 1 atom stereocenters. The van der Waals surface area contributed by atoms with Crippen molar-refractivity contribution in [1.29, 1.82) is 0 Å². The van der Waals surface area contributed by atoms with Crippen molar-refractivity contribution in [3.8, 4) is 5.75 Å². The van der Waals surface area contributed by atoms with Crippen molar-refractivity contribution in [2.24, 2.45) is 0 Å². The molecule has 0 unspecified atom stereocenters. The average Bonchev–Trinajstić information content (AvgIpc) is 2.91. The lowest BCUT2D eigenvalue weighted by atomic mass is 9.86. The Bertz CT molecular complexity index is 1060. The van der Waals surface area contributed by atoms with E-state index in [1.807, 2.05) is 6.07 Å². The fraction of sp³-hybridized carbons (Fsp3) is 0.412. The van der Waals surface area contributed by atoms with Gasteiger partial charge in [0.25, 0.3) is 0 Å². The number of hydrogen-bond donors (Lipinski definition) is 1. The minimum absolute atomic E-state index is 0. The third-order valence-electron chi connectivity index (χ3n) is 6.94. The summed E-state index contributed by atoms with van der Waals surface area (Å²) in [6, 6.07) is 28.9. The Balaban J connectivity index is 0.00000507. The summed E-state index contributed by atoms with van der Waals surface area (Å²) in [4.78, 5) is 2.57. The first kappa shape index (κ1) is 31.6. The molecule has 0 aliphatic carbocycles. The predicted octanol–water partition coefficient (Wildman–Crippen LogP) is 8.50. The Morgan fingerprint density at radius 1 is 0.842 bits per heavy atom. The van der Waals surface area contributed by atoms with E-state index in [1.54, 1.807) is 0 Å². The molecule has 38 heavy (non-hydrogen) atoms. The van der Waals surface area contributed by atoms with Gasteiger partial charge < -0.3 is 9.84 Å². The maximum atomic E-state index is 9.07. The van der Waals surface area contributed by atoms with E-state index in [2.05, 4.69) is 118 Å².